The van der Waals surface area contributed by atoms with E-state index in [4.69, 9.17) is 9.47 Å². The van der Waals surface area contributed by atoms with Crippen molar-refractivity contribution in [3.63, 3.8) is 0 Å². The SMILES string of the molecule is COC(=O)c1cc(C)cc(OC2CCC2)c1. The van der Waals surface area contributed by atoms with Gasteiger partial charge in [-0.3, -0.25) is 0 Å². The van der Waals surface area contributed by atoms with Gasteiger partial charge in [0, 0.05) is 0 Å². The molecule has 1 aliphatic carbocycles. The zero-order chi connectivity index (χ0) is 11.5. The fourth-order valence-electron chi connectivity index (χ4n) is 1.73. The Morgan fingerprint density at radius 1 is 1.31 bits per heavy atom. The smallest absolute Gasteiger partial charge is 0.337 e. The normalized spacial score (nSPS) is 15.4. The molecule has 0 radical (unpaired) electrons. The first-order valence-corrected chi connectivity index (χ1v) is 5.55. The van der Waals surface area contributed by atoms with E-state index in [-0.39, 0.29) is 5.97 Å². The largest absolute Gasteiger partial charge is 0.490 e. The van der Waals surface area contributed by atoms with Gasteiger partial charge in [-0.05, 0) is 49.9 Å². The van der Waals surface area contributed by atoms with E-state index in [0.29, 0.717) is 11.7 Å². The highest BCUT2D eigenvalue weighted by Gasteiger charge is 2.19. The maximum atomic E-state index is 11.4. The van der Waals surface area contributed by atoms with Crippen LogP contribution in [0.15, 0.2) is 18.2 Å². The molecule has 1 fully saturated rings. The highest BCUT2D eigenvalue weighted by molar-refractivity contribution is 5.90. The van der Waals surface area contributed by atoms with Gasteiger partial charge in [-0.25, -0.2) is 4.79 Å². The van der Waals surface area contributed by atoms with Crippen molar-refractivity contribution in [3.8, 4) is 5.75 Å². The zero-order valence-corrected chi connectivity index (χ0v) is 9.66. The molecule has 0 aromatic heterocycles. The zero-order valence-electron chi connectivity index (χ0n) is 9.66. The number of aryl methyl sites for hydroxylation is 1. The van der Waals surface area contributed by atoms with Gasteiger partial charge in [-0.2, -0.15) is 0 Å². The fraction of sp³-hybridized carbons (Fsp3) is 0.462. The van der Waals surface area contributed by atoms with Crippen molar-refractivity contribution in [1.82, 2.24) is 0 Å². The quantitative estimate of drug-likeness (QED) is 0.735. The van der Waals surface area contributed by atoms with Crippen molar-refractivity contribution < 1.29 is 14.3 Å². The summed E-state index contributed by atoms with van der Waals surface area (Å²) in [5.41, 5.74) is 1.56. The first-order chi connectivity index (χ1) is 7.69. The van der Waals surface area contributed by atoms with E-state index in [1.165, 1.54) is 13.5 Å². The van der Waals surface area contributed by atoms with E-state index in [0.717, 1.165) is 24.2 Å². The second-order valence-electron chi connectivity index (χ2n) is 4.20. The van der Waals surface area contributed by atoms with Gasteiger partial charge in [0.1, 0.15) is 5.75 Å². The molecular formula is C13H16O3. The summed E-state index contributed by atoms with van der Waals surface area (Å²) in [5.74, 6) is 0.451. The van der Waals surface area contributed by atoms with E-state index in [2.05, 4.69) is 0 Å². The fourth-order valence-corrected chi connectivity index (χ4v) is 1.73. The third kappa shape index (κ3) is 2.35. The van der Waals surface area contributed by atoms with Crippen molar-refractivity contribution in [1.29, 1.82) is 0 Å². The van der Waals surface area contributed by atoms with Crippen LogP contribution in [0.2, 0.25) is 0 Å². The summed E-state index contributed by atoms with van der Waals surface area (Å²) in [6.45, 7) is 1.94. The number of carbonyl (C=O) groups is 1. The topological polar surface area (TPSA) is 35.5 Å². The first kappa shape index (κ1) is 11.0. The van der Waals surface area contributed by atoms with Gasteiger partial charge in [0.25, 0.3) is 0 Å². The van der Waals surface area contributed by atoms with E-state index in [1.807, 2.05) is 13.0 Å². The van der Waals surface area contributed by atoms with Crippen molar-refractivity contribution in [3.05, 3.63) is 29.3 Å². The summed E-state index contributed by atoms with van der Waals surface area (Å²) in [6.07, 6.45) is 3.79. The van der Waals surface area contributed by atoms with Crippen LogP contribution in [0, 0.1) is 6.92 Å². The Hall–Kier alpha value is -1.51. The molecule has 1 saturated carbocycles. The predicted molar refractivity (Wildman–Crippen MR) is 60.8 cm³/mol. The Balaban J connectivity index is 2.17. The minimum Gasteiger partial charge on any atom is -0.490 e. The van der Waals surface area contributed by atoms with Gasteiger partial charge >= 0.3 is 5.97 Å². The molecule has 86 valence electrons. The number of rotatable bonds is 3. The van der Waals surface area contributed by atoms with Crippen LogP contribution in [0.1, 0.15) is 35.2 Å². The van der Waals surface area contributed by atoms with Gasteiger partial charge in [0.15, 0.2) is 0 Å². The van der Waals surface area contributed by atoms with Crippen molar-refractivity contribution in [2.24, 2.45) is 0 Å². The monoisotopic (exact) mass is 220 g/mol. The van der Waals surface area contributed by atoms with Gasteiger partial charge < -0.3 is 9.47 Å². The molecule has 1 aromatic carbocycles. The standard InChI is InChI=1S/C13H16O3/c1-9-6-10(13(14)15-2)8-12(7-9)16-11-4-3-5-11/h6-8,11H,3-5H2,1-2H3. The molecule has 0 spiro atoms. The van der Waals surface area contributed by atoms with Crippen LogP contribution in [0.3, 0.4) is 0 Å². The number of esters is 1. The Bertz CT molecular complexity index is 394. The van der Waals surface area contributed by atoms with Crippen LogP contribution < -0.4 is 4.74 Å². The van der Waals surface area contributed by atoms with Crippen LogP contribution in [-0.2, 0) is 4.74 Å². The summed E-state index contributed by atoms with van der Waals surface area (Å²) in [4.78, 5) is 11.4. The molecular weight excluding hydrogens is 204 g/mol. The average Bonchev–Trinajstić information content (AvgIpc) is 2.21. The van der Waals surface area contributed by atoms with Crippen molar-refractivity contribution >= 4 is 5.97 Å². The Kier molecular flexibility index (Phi) is 3.13. The number of methoxy groups -OCH3 is 1. The third-order valence-electron chi connectivity index (χ3n) is 2.83. The van der Waals surface area contributed by atoms with Crippen LogP contribution in [0.5, 0.6) is 5.75 Å². The van der Waals surface area contributed by atoms with E-state index in [9.17, 15) is 4.79 Å². The number of hydrogen-bond donors (Lipinski definition) is 0. The number of carbonyl (C=O) groups excluding carboxylic acids is 1. The lowest BCUT2D eigenvalue weighted by Gasteiger charge is -2.26. The lowest BCUT2D eigenvalue weighted by molar-refractivity contribution is 0.0599. The van der Waals surface area contributed by atoms with Crippen molar-refractivity contribution in [2.75, 3.05) is 7.11 Å². The molecule has 0 unspecified atom stereocenters. The molecule has 0 saturated heterocycles. The van der Waals surface area contributed by atoms with Gasteiger partial charge in [0.05, 0.1) is 18.8 Å². The molecule has 0 atom stereocenters. The minimum absolute atomic E-state index is 0.317. The first-order valence-electron chi connectivity index (χ1n) is 5.55. The minimum atomic E-state index is -0.317. The molecule has 0 heterocycles. The maximum absolute atomic E-state index is 11.4. The van der Waals surface area contributed by atoms with Crippen molar-refractivity contribution in [2.45, 2.75) is 32.3 Å². The van der Waals surface area contributed by atoms with E-state index in [1.54, 1.807) is 12.1 Å². The van der Waals surface area contributed by atoms with Gasteiger partial charge in [-0.1, -0.05) is 0 Å². The summed E-state index contributed by atoms with van der Waals surface area (Å²) in [7, 11) is 1.39. The Morgan fingerprint density at radius 3 is 2.62 bits per heavy atom. The number of benzene rings is 1. The van der Waals surface area contributed by atoms with Crippen LogP contribution in [0.25, 0.3) is 0 Å². The number of hydrogen-bond acceptors (Lipinski definition) is 3. The molecule has 3 nitrogen and oxygen atoms in total. The summed E-state index contributed by atoms with van der Waals surface area (Å²) in [6, 6.07) is 5.50. The molecule has 3 heteroatoms. The lowest BCUT2D eigenvalue weighted by Crippen LogP contribution is -2.24. The molecule has 1 aliphatic rings. The van der Waals surface area contributed by atoms with Crippen LogP contribution in [0.4, 0.5) is 0 Å². The van der Waals surface area contributed by atoms with Gasteiger partial charge in [0.2, 0.25) is 0 Å². The summed E-state index contributed by atoms with van der Waals surface area (Å²) in [5, 5.41) is 0. The van der Waals surface area contributed by atoms with E-state index < -0.39 is 0 Å². The highest BCUT2D eigenvalue weighted by Crippen LogP contribution is 2.26. The molecule has 0 amide bonds. The molecule has 16 heavy (non-hydrogen) atoms. The molecule has 0 bridgehead atoms. The Labute approximate surface area is 95.4 Å². The molecule has 1 aromatic rings. The van der Waals surface area contributed by atoms with Gasteiger partial charge in [-0.15, -0.1) is 0 Å². The van der Waals surface area contributed by atoms with Crippen LogP contribution in [-0.4, -0.2) is 19.2 Å². The van der Waals surface area contributed by atoms with E-state index >= 15 is 0 Å². The Morgan fingerprint density at radius 2 is 2.06 bits per heavy atom. The molecule has 0 aliphatic heterocycles. The average molecular weight is 220 g/mol. The highest BCUT2D eigenvalue weighted by atomic mass is 16.5. The second kappa shape index (κ2) is 4.56. The number of ether oxygens (including phenoxy) is 2. The summed E-state index contributed by atoms with van der Waals surface area (Å²) >= 11 is 0. The van der Waals surface area contributed by atoms with Crippen LogP contribution >= 0.6 is 0 Å². The lowest BCUT2D eigenvalue weighted by atomic mass is 9.96. The molecule has 2 rings (SSSR count). The molecule has 0 N–H and O–H groups in total. The predicted octanol–water partition coefficient (Wildman–Crippen LogP) is 2.71. The maximum Gasteiger partial charge on any atom is 0.337 e. The third-order valence-corrected chi connectivity index (χ3v) is 2.83. The summed E-state index contributed by atoms with van der Waals surface area (Å²) < 4.78 is 10.5. The second-order valence-corrected chi connectivity index (χ2v) is 4.20.